The zero-order chi connectivity index (χ0) is 21.3. The molecule has 4 rings (SSSR count). The van der Waals surface area contributed by atoms with Gasteiger partial charge in [-0.1, -0.05) is 30.3 Å². The van der Waals surface area contributed by atoms with Gasteiger partial charge in [-0.25, -0.2) is 14.2 Å². The van der Waals surface area contributed by atoms with E-state index in [1.165, 1.54) is 12.1 Å². The molecule has 0 spiro atoms. The highest BCUT2D eigenvalue weighted by atomic mass is 19.1. The van der Waals surface area contributed by atoms with Gasteiger partial charge in [-0.3, -0.25) is 5.32 Å². The summed E-state index contributed by atoms with van der Waals surface area (Å²) in [5.41, 5.74) is 4.92. The van der Waals surface area contributed by atoms with Crippen molar-refractivity contribution in [3.05, 3.63) is 89.0 Å². The fraction of sp³-hybridized carbons (Fsp3) is 0.167. The van der Waals surface area contributed by atoms with Crippen molar-refractivity contribution in [2.75, 3.05) is 5.32 Å². The fourth-order valence-electron chi connectivity index (χ4n) is 3.60. The largest absolute Gasteiger partial charge is 0.418 e. The Balaban J connectivity index is 1.56. The van der Waals surface area contributed by atoms with Crippen LogP contribution in [0.15, 0.2) is 60.8 Å². The molecule has 5 nitrogen and oxygen atoms in total. The summed E-state index contributed by atoms with van der Waals surface area (Å²) in [5, 5.41) is 3.68. The average molecular weight is 403 g/mol. The van der Waals surface area contributed by atoms with Gasteiger partial charge in [0, 0.05) is 30.7 Å². The molecule has 0 aliphatic rings. The summed E-state index contributed by atoms with van der Waals surface area (Å²) in [6.07, 6.45) is 1.58. The van der Waals surface area contributed by atoms with Crippen LogP contribution in [0.3, 0.4) is 0 Å². The molecular weight excluding hydrogens is 381 g/mol. The molecule has 4 aromatic rings. The number of carbonyl (C=O) groups is 1. The van der Waals surface area contributed by atoms with E-state index in [1.54, 1.807) is 30.5 Å². The minimum Gasteiger partial charge on any atom is -0.410 e. The number of fused-ring (bicyclic) bond motifs is 1. The Morgan fingerprint density at radius 1 is 1.10 bits per heavy atom. The van der Waals surface area contributed by atoms with E-state index in [1.807, 2.05) is 39.1 Å². The SMILES string of the molecule is Cc1c(C)n(C)c2ccnc(NC(=O)Oc3ccccc3Cc3ccc(F)cc3)c12. The number of ether oxygens (including phenoxy) is 1. The molecule has 0 fully saturated rings. The molecule has 1 N–H and O–H groups in total. The van der Waals surface area contributed by atoms with Crippen molar-refractivity contribution in [3.8, 4) is 5.75 Å². The molecule has 152 valence electrons. The van der Waals surface area contributed by atoms with E-state index in [9.17, 15) is 9.18 Å². The molecule has 2 heterocycles. The molecule has 0 bridgehead atoms. The third kappa shape index (κ3) is 3.76. The van der Waals surface area contributed by atoms with E-state index in [0.29, 0.717) is 18.0 Å². The van der Waals surface area contributed by atoms with Gasteiger partial charge in [-0.05, 0) is 54.8 Å². The maximum absolute atomic E-state index is 13.2. The number of hydrogen-bond donors (Lipinski definition) is 1. The van der Waals surface area contributed by atoms with Gasteiger partial charge in [0.25, 0.3) is 0 Å². The smallest absolute Gasteiger partial charge is 0.410 e. The van der Waals surface area contributed by atoms with Crippen LogP contribution in [-0.4, -0.2) is 15.6 Å². The number of hydrogen-bond acceptors (Lipinski definition) is 3. The Bertz CT molecular complexity index is 1230. The average Bonchev–Trinajstić information content (AvgIpc) is 2.96. The Hall–Kier alpha value is -3.67. The molecule has 1 amide bonds. The molecule has 2 aromatic carbocycles. The van der Waals surface area contributed by atoms with Crippen molar-refractivity contribution in [1.82, 2.24) is 9.55 Å². The highest BCUT2D eigenvalue weighted by molar-refractivity contribution is 6.00. The quantitative estimate of drug-likeness (QED) is 0.487. The van der Waals surface area contributed by atoms with Crippen LogP contribution in [0.4, 0.5) is 15.0 Å². The Labute approximate surface area is 174 Å². The number of anilines is 1. The molecule has 30 heavy (non-hydrogen) atoms. The number of amides is 1. The number of nitrogens with one attached hydrogen (secondary N) is 1. The first-order chi connectivity index (χ1) is 14.4. The van der Waals surface area contributed by atoms with Gasteiger partial charge < -0.3 is 9.30 Å². The van der Waals surface area contributed by atoms with Crippen molar-refractivity contribution in [3.63, 3.8) is 0 Å². The number of halogens is 1. The van der Waals surface area contributed by atoms with Crippen LogP contribution < -0.4 is 10.1 Å². The summed E-state index contributed by atoms with van der Waals surface area (Å²) in [7, 11) is 1.98. The molecule has 0 aliphatic carbocycles. The van der Waals surface area contributed by atoms with E-state index < -0.39 is 6.09 Å². The predicted octanol–water partition coefficient (Wildman–Crippen LogP) is 5.53. The number of aromatic nitrogens is 2. The topological polar surface area (TPSA) is 56.2 Å². The number of nitrogens with zero attached hydrogens (tertiary/aromatic N) is 2. The van der Waals surface area contributed by atoms with Gasteiger partial charge in [0.15, 0.2) is 0 Å². The molecule has 0 saturated carbocycles. The number of aryl methyl sites for hydroxylation is 2. The number of pyridine rings is 1. The van der Waals surface area contributed by atoms with E-state index in [-0.39, 0.29) is 5.82 Å². The highest BCUT2D eigenvalue weighted by Gasteiger charge is 2.16. The summed E-state index contributed by atoms with van der Waals surface area (Å²) in [4.78, 5) is 17.0. The summed E-state index contributed by atoms with van der Waals surface area (Å²) >= 11 is 0. The van der Waals surface area contributed by atoms with E-state index >= 15 is 0 Å². The zero-order valence-corrected chi connectivity index (χ0v) is 17.1. The maximum Gasteiger partial charge on any atom is 0.418 e. The monoisotopic (exact) mass is 403 g/mol. The lowest BCUT2D eigenvalue weighted by atomic mass is 10.0. The van der Waals surface area contributed by atoms with Gasteiger partial charge in [0.1, 0.15) is 17.4 Å². The number of benzene rings is 2. The van der Waals surface area contributed by atoms with Gasteiger partial charge >= 0.3 is 6.09 Å². The van der Waals surface area contributed by atoms with Crippen LogP contribution in [-0.2, 0) is 13.5 Å². The second kappa shape index (κ2) is 7.99. The maximum atomic E-state index is 13.2. The Kier molecular flexibility index (Phi) is 5.23. The van der Waals surface area contributed by atoms with Crippen LogP contribution in [0, 0.1) is 19.7 Å². The lowest BCUT2D eigenvalue weighted by molar-refractivity contribution is 0.214. The summed E-state index contributed by atoms with van der Waals surface area (Å²) in [6.45, 7) is 4.04. The van der Waals surface area contributed by atoms with Crippen molar-refractivity contribution in [2.45, 2.75) is 20.3 Å². The molecule has 2 aromatic heterocycles. The van der Waals surface area contributed by atoms with Crippen LogP contribution in [0.1, 0.15) is 22.4 Å². The van der Waals surface area contributed by atoms with Gasteiger partial charge in [0.05, 0.1) is 5.52 Å². The van der Waals surface area contributed by atoms with Gasteiger partial charge in [0.2, 0.25) is 0 Å². The molecule has 0 atom stereocenters. The first-order valence-electron chi connectivity index (χ1n) is 9.66. The summed E-state index contributed by atoms with van der Waals surface area (Å²) < 4.78 is 20.8. The van der Waals surface area contributed by atoms with E-state index in [2.05, 4.69) is 14.9 Å². The van der Waals surface area contributed by atoms with Gasteiger partial charge in [-0.15, -0.1) is 0 Å². The highest BCUT2D eigenvalue weighted by Crippen LogP contribution is 2.29. The number of rotatable bonds is 4. The Morgan fingerprint density at radius 2 is 1.83 bits per heavy atom. The standard InChI is InChI=1S/C24H22FN3O2/c1-15-16(2)28(3)20-12-13-26-23(22(15)20)27-24(29)30-21-7-5-4-6-18(21)14-17-8-10-19(25)11-9-17/h4-13H,14H2,1-3H3,(H,26,27,29). The van der Waals surface area contributed by atoms with Crippen LogP contribution in [0.5, 0.6) is 5.75 Å². The Morgan fingerprint density at radius 3 is 2.60 bits per heavy atom. The van der Waals surface area contributed by atoms with Crippen LogP contribution >= 0.6 is 0 Å². The van der Waals surface area contributed by atoms with Gasteiger partial charge in [-0.2, -0.15) is 0 Å². The molecule has 0 unspecified atom stereocenters. The van der Waals surface area contributed by atoms with Crippen molar-refractivity contribution >= 4 is 22.8 Å². The minimum absolute atomic E-state index is 0.282. The normalized spacial score (nSPS) is 10.9. The fourth-order valence-corrected chi connectivity index (χ4v) is 3.60. The summed E-state index contributed by atoms with van der Waals surface area (Å²) in [5.74, 6) is 0.637. The molecule has 0 radical (unpaired) electrons. The number of para-hydroxylation sites is 1. The van der Waals surface area contributed by atoms with Crippen LogP contribution in [0.2, 0.25) is 0 Å². The first-order valence-corrected chi connectivity index (χ1v) is 9.66. The lowest BCUT2D eigenvalue weighted by Crippen LogP contribution is -2.18. The van der Waals surface area contributed by atoms with Crippen molar-refractivity contribution < 1.29 is 13.9 Å². The second-order valence-corrected chi connectivity index (χ2v) is 7.25. The molecule has 0 saturated heterocycles. The second-order valence-electron chi connectivity index (χ2n) is 7.25. The zero-order valence-electron chi connectivity index (χ0n) is 17.1. The molecular formula is C24H22FN3O2. The lowest BCUT2D eigenvalue weighted by Gasteiger charge is -2.11. The van der Waals surface area contributed by atoms with E-state index in [4.69, 9.17) is 4.74 Å². The minimum atomic E-state index is -0.609. The first kappa shape index (κ1) is 19.6. The van der Waals surface area contributed by atoms with Crippen molar-refractivity contribution in [1.29, 1.82) is 0 Å². The molecule has 6 heteroatoms. The molecule has 0 aliphatic heterocycles. The third-order valence-corrected chi connectivity index (χ3v) is 5.41. The third-order valence-electron chi connectivity index (χ3n) is 5.41. The predicted molar refractivity (Wildman–Crippen MR) is 115 cm³/mol. The summed E-state index contributed by atoms with van der Waals surface area (Å²) in [6, 6.07) is 15.5. The van der Waals surface area contributed by atoms with Crippen LogP contribution in [0.25, 0.3) is 10.9 Å². The number of carbonyl (C=O) groups excluding carboxylic acids is 1. The van der Waals surface area contributed by atoms with Crippen molar-refractivity contribution in [2.24, 2.45) is 7.05 Å². The van der Waals surface area contributed by atoms with E-state index in [0.717, 1.165) is 33.3 Å².